The largest absolute Gasteiger partial charge is 0.469 e. The van der Waals surface area contributed by atoms with E-state index < -0.39 is 0 Å². The van der Waals surface area contributed by atoms with Gasteiger partial charge in [-0.05, 0) is 18.8 Å². The number of carbonyl (C=O) groups is 1. The Bertz CT molecular complexity index is 346. The van der Waals surface area contributed by atoms with Gasteiger partial charge in [0.2, 0.25) is 0 Å². The van der Waals surface area contributed by atoms with Crippen LogP contribution in [0.1, 0.15) is 30.5 Å². The molecule has 0 aliphatic heterocycles. The van der Waals surface area contributed by atoms with Crippen LogP contribution in [0.15, 0.2) is 6.20 Å². The predicted octanol–water partition coefficient (Wildman–Crippen LogP) is 1.25. The fourth-order valence-electron chi connectivity index (χ4n) is 2.12. The Balaban J connectivity index is 2.36. The SMILES string of the molecule is COC(=O)[C@H]1c2cn[nH]c2CC[C@@H]1C. The lowest BCUT2D eigenvalue weighted by Gasteiger charge is -2.26. The molecule has 14 heavy (non-hydrogen) atoms. The van der Waals surface area contributed by atoms with Crippen molar-refractivity contribution in [3.05, 3.63) is 17.5 Å². The molecule has 2 rings (SSSR count). The first-order valence-electron chi connectivity index (χ1n) is 4.84. The molecular weight excluding hydrogens is 180 g/mol. The predicted molar refractivity (Wildman–Crippen MR) is 50.8 cm³/mol. The van der Waals surface area contributed by atoms with Crippen LogP contribution in [0.2, 0.25) is 0 Å². The van der Waals surface area contributed by atoms with Crippen LogP contribution in [0.25, 0.3) is 0 Å². The first-order valence-corrected chi connectivity index (χ1v) is 4.84. The van der Waals surface area contributed by atoms with Gasteiger partial charge in [0.1, 0.15) is 0 Å². The molecule has 4 heteroatoms. The molecule has 0 unspecified atom stereocenters. The number of ether oxygens (including phenoxy) is 1. The average molecular weight is 194 g/mol. The number of hydrogen-bond donors (Lipinski definition) is 1. The van der Waals surface area contributed by atoms with Gasteiger partial charge in [0.15, 0.2) is 0 Å². The van der Waals surface area contributed by atoms with E-state index in [2.05, 4.69) is 17.1 Å². The Morgan fingerprint density at radius 1 is 1.71 bits per heavy atom. The summed E-state index contributed by atoms with van der Waals surface area (Å²) < 4.78 is 4.81. The van der Waals surface area contributed by atoms with Crippen molar-refractivity contribution in [2.45, 2.75) is 25.7 Å². The fraction of sp³-hybridized carbons (Fsp3) is 0.600. The summed E-state index contributed by atoms with van der Waals surface area (Å²) in [7, 11) is 1.43. The van der Waals surface area contributed by atoms with Crippen molar-refractivity contribution in [2.24, 2.45) is 5.92 Å². The molecule has 0 saturated carbocycles. The lowest BCUT2D eigenvalue weighted by Crippen LogP contribution is -2.25. The number of nitrogens with one attached hydrogen (secondary N) is 1. The molecule has 0 fully saturated rings. The Morgan fingerprint density at radius 2 is 2.50 bits per heavy atom. The molecule has 1 aliphatic carbocycles. The highest BCUT2D eigenvalue weighted by Gasteiger charge is 2.34. The number of carbonyl (C=O) groups excluding carboxylic acids is 1. The van der Waals surface area contributed by atoms with Crippen molar-refractivity contribution in [2.75, 3.05) is 7.11 Å². The Kier molecular flexibility index (Phi) is 2.27. The summed E-state index contributed by atoms with van der Waals surface area (Å²) in [5, 5.41) is 6.90. The van der Waals surface area contributed by atoms with Gasteiger partial charge in [-0.2, -0.15) is 5.10 Å². The maximum Gasteiger partial charge on any atom is 0.313 e. The summed E-state index contributed by atoms with van der Waals surface area (Å²) >= 11 is 0. The summed E-state index contributed by atoms with van der Waals surface area (Å²) in [5.41, 5.74) is 2.09. The molecule has 0 amide bonds. The summed E-state index contributed by atoms with van der Waals surface area (Å²) in [6.45, 7) is 2.08. The molecule has 1 heterocycles. The molecule has 2 atom stereocenters. The van der Waals surface area contributed by atoms with Crippen LogP contribution >= 0.6 is 0 Å². The molecule has 0 radical (unpaired) electrons. The van der Waals surface area contributed by atoms with Crippen molar-refractivity contribution in [1.82, 2.24) is 10.2 Å². The minimum absolute atomic E-state index is 0.137. The van der Waals surface area contributed by atoms with E-state index in [0.717, 1.165) is 24.1 Å². The Hall–Kier alpha value is -1.32. The van der Waals surface area contributed by atoms with E-state index in [1.54, 1.807) is 6.20 Å². The smallest absolute Gasteiger partial charge is 0.313 e. The maximum absolute atomic E-state index is 11.6. The Morgan fingerprint density at radius 3 is 3.21 bits per heavy atom. The second kappa shape index (κ2) is 3.44. The third-order valence-electron chi connectivity index (χ3n) is 2.96. The number of methoxy groups -OCH3 is 1. The molecule has 1 aromatic rings. The van der Waals surface area contributed by atoms with Crippen LogP contribution in [0.4, 0.5) is 0 Å². The van der Waals surface area contributed by atoms with Gasteiger partial charge in [0, 0.05) is 11.3 Å². The number of fused-ring (bicyclic) bond motifs is 1. The molecule has 1 aliphatic rings. The van der Waals surface area contributed by atoms with Crippen LogP contribution in [0.3, 0.4) is 0 Å². The minimum Gasteiger partial charge on any atom is -0.469 e. The van der Waals surface area contributed by atoms with E-state index in [1.807, 2.05) is 0 Å². The van der Waals surface area contributed by atoms with Crippen LogP contribution in [-0.2, 0) is 16.0 Å². The van der Waals surface area contributed by atoms with Gasteiger partial charge in [-0.3, -0.25) is 9.89 Å². The molecule has 0 spiro atoms. The molecule has 1 aromatic heterocycles. The van der Waals surface area contributed by atoms with E-state index in [0.29, 0.717) is 5.92 Å². The van der Waals surface area contributed by atoms with E-state index >= 15 is 0 Å². The van der Waals surface area contributed by atoms with Gasteiger partial charge < -0.3 is 4.74 Å². The first kappa shape index (κ1) is 9.24. The maximum atomic E-state index is 11.6. The van der Waals surface area contributed by atoms with Gasteiger partial charge in [0.05, 0.1) is 19.2 Å². The van der Waals surface area contributed by atoms with E-state index in [1.165, 1.54) is 7.11 Å². The third-order valence-corrected chi connectivity index (χ3v) is 2.96. The highest BCUT2D eigenvalue weighted by atomic mass is 16.5. The zero-order valence-electron chi connectivity index (χ0n) is 8.41. The lowest BCUT2D eigenvalue weighted by molar-refractivity contribution is -0.144. The second-order valence-corrected chi connectivity index (χ2v) is 3.82. The molecule has 0 aromatic carbocycles. The summed E-state index contributed by atoms with van der Waals surface area (Å²) in [5.74, 6) is 0.0508. The van der Waals surface area contributed by atoms with Crippen molar-refractivity contribution < 1.29 is 9.53 Å². The van der Waals surface area contributed by atoms with Gasteiger partial charge in [-0.25, -0.2) is 0 Å². The monoisotopic (exact) mass is 194 g/mol. The number of rotatable bonds is 1. The standard InChI is InChI=1S/C10H14N2O2/c1-6-3-4-8-7(5-11-12-8)9(6)10(13)14-2/h5-6,9H,3-4H2,1-2H3,(H,11,12)/t6-,9+/m0/s1. The highest BCUT2D eigenvalue weighted by Crippen LogP contribution is 2.35. The number of esters is 1. The average Bonchev–Trinajstić information content (AvgIpc) is 2.64. The normalized spacial score (nSPS) is 25.6. The molecule has 1 N–H and O–H groups in total. The number of hydrogen-bond acceptors (Lipinski definition) is 3. The van der Waals surface area contributed by atoms with E-state index in [-0.39, 0.29) is 11.9 Å². The van der Waals surface area contributed by atoms with Crippen LogP contribution in [-0.4, -0.2) is 23.3 Å². The van der Waals surface area contributed by atoms with Gasteiger partial charge >= 0.3 is 5.97 Å². The molecule has 0 bridgehead atoms. The third kappa shape index (κ3) is 1.31. The van der Waals surface area contributed by atoms with E-state index in [9.17, 15) is 4.79 Å². The molecular formula is C10H14N2O2. The number of aromatic nitrogens is 2. The number of aryl methyl sites for hydroxylation is 1. The summed E-state index contributed by atoms with van der Waals surface area (Å²) in [6.07, 6.45) is 3.73. The highest BCUT2D eigenvalue weighted by molar-refractivity contribution is 5.79. The topological polar surface area (TPSA) is 55.0 Å². The summed E-state index contributed by atoms with van der Waals surface area (Å²) in [4.78, 5) is 11.6. The number of nitrogens with zero attached hydrogens (tertiary/aromatic N) is 1. The second-order valence-electron chi connectivity index (χ2n) is 3.82. The molecule has 4 nitrogen and oxygen atoms in total. The fourth-order valence-corrected chi connectivity index (χ4v) is 2.12. The van der Waals surface area contributed by atoms with E-state index in [4.69, 9.17) is 4.74 Å². The zero-order valence-corrected chi connectivity index (χ0v) is 8.41. The van der Waals surface area contributed by atoms with Crippen molar-refractivity contribution in [1.29, 1.82) is 0 Å². The zero-order chi connectivity index (χ0) is 10.1. The van der Waals surface area contributed by atoms with Crippen molar-refractivity contribution in [3.63, 3.8) is 0 Å². The number of H-pyrrole nitrogens is 1. The quantitative estimate of drug-likeness (QED) is 0.684. The van der Waals surface area contributed by atoms with Crippen molar-refractivity contribution in [3.8, 4) is 0 Å². The lowest BCUT2D eigenvalue weighted by atomic mass is 9.79. The van der Waals surface area contributed by atoms with Gasteiger partial charge in [-0.15, -0.1) is 0 Å². The van der Waals surface area contributed by atoms with Crippen LogP contribution in [0, 0.1) is 5.92 Å². The molecule has 76 valence electrons. The van der Waals surface area contributed by atoms with Gasteiger partial charge in [0.25, 0.3) is 0 Å². The Labute approximate surface area is 82.7 Å². The van der Waals surface area contributed by atoms with Crippen LogP contribution in [0.5, 0.6) is 0 Å². The number of aromatic amines is 1. The first-order chi connectivity index (χ1) is 6.74. The minimum atomic E-state index is -0.153. The summed E-state index contributed by atoms with van der Waals surface area (Å²) in [6, 6.07) is 0. The van der Waals surface area contributed by atoms with Crippen LogP contribution < -0.4 is 0 Å². The van der Waals surface area contributed by atoms with Crippen molar-refractivity contribution >= 4 is 5.97 Å². The van der Waals surface area contributed by atoms with Gasteiger partial charge in [-0.1, -0.05) is 6.92 Å². The molecule has 0 saturated heterocycles.